The zero-order valence-electron chi connectivity index (χ0n) is 20.4. The van der Waals surface area contributed by atoms with E-state index in [4.69, 9.17) is 5.73 Å². The summed E-state index contributed by atoms with van der Waals surface area (Å²) in [7, 11) is 4.20. The van der Waals surface area contributed by atoms with Gasteiger partial charge in [-0.25, -0.2) is 4.79 Å². The number of carbonyl (C=O) groups excluding carboxylic acids is 4. The molecule has 6 N–H and O–H groups in total. The van der Waals surface area contributed by atoms with E-state index >= 15 is 0 Å². The van der Waals surface area contributed by atoms with Gasteiger partial charge in [0.05, 0.1) is 18.7 Å². The largest absolute Gasteiger partial charge is 0.508 e. The standard InChI is InChI=1S/C25H28N2O9/c1-8-10-6-7-11(24(34)36-5)18(28)13(10)19(29)14-12(8)9(2)16-17(27(3)4)20(30)15(23(26)33)22(32)25(16,35)21(14)31/h6-9,12,16-17,28-29,32,35H,1-5H3,(H2,26,33)/t8-,9+,12?,16?,17+,25?/m0/s1. The number of carbonyl (C=O) groups is 4. The molecule has 3 aliphatic carbocycles. The number of aromatic hydroxyl groups is 1. The number of fused-ring (bicyclic) bond motifs is 3. The van der Waals surface area contributed by atoms with Gasteiger partial charge in [-0.15, -0.1) is 0 Å². The van der Waals surface area contributed by atoms with Crippen LogP contribution in [0.5, 0.6) is 5.75 Å². The van der Waals surface area contributed by atoms with Crippen LogP contribution < -0.4 is 5.73 Å². The number of primary amides is 1. The van der Waals surface area contributed by atoms with E-state index in [1.807, 2.05) is 0 Å². The summed E-state index contributed by atoms with van der Waals surface area (Å²) >= 11 is 0. The second-order valence-electron chi connectivity index (χ2n) is 9.84. The molecule has 0 spiro atoms. The summed E-state index contributed by atoms with van der Waals surface area (Å²) in [6.45, 7) is 3.43. The smallest absolute Gasteiger partial charge is 0.341 e. The number of hydrogen-bond donors (Lipinski definition) is 5. The molecule has 36 heavy (non-hydrogen) atoms. The van der Waals surface area contributed by atoms with Crippen LogP contribution in [0.1, 0.15) is 41.3 Å². The lowest BCUT2D eigenvalue weighted by molar-refractivity contribution is -0.160. The Balaban J connectivity index is 2.05. The van der Waals surface area contributed by atoms with Crippen LogP contribution in [0.15, 0.2) is 29.0 Å². The third kappa shape index (κ3) is 2.99. The Morgan fingerprint density at radius 2 is 1.72 bits per heavy atom. The maximum Gasteiger partial charge on any atom is 0.341 e. The molecule has 0 bridgehead atoms. The van der Waals surface area contributed by atoms with Gasteiger partial charge in [-0.05, 0) is 37.6 Å². The number of ketones is 2. The van der Waals surface area contributed by atoms with Crippen LogP contribution in [0, 0.1) is 17.8 Å². The molecule has 11 heteroatoms. The molecular weight excluding hydrogens is 472 g/mol. The van der Waals surface area contributed by atoms with Crippen molar-refractivity contribution >= 4 is 29.2 Å². The Hall–Kier alpha value is -3.70. The molecule has 1 aromatic carbocycles. The molecule has 1 amide bonds. The number of Topliss-reactive ketones (excluding diaryl/α,β-unsaturated/α-hetero) is 2. The molecule has 0 heterocycles. The minimum atomic E-state index is -2.75. The lowest BCUT2D eigenvalue weighted by Gasteiger charge is -2.54. The van der Waals surface area contributed by atoms with Gasteiger partial charge in [-0.2, -0.15) is 0 Å². The second-order valence-corrected chi connectivity index (χ2v) is 9.84. The number of nitrogens with zero attached hydrogens (tertiary/aromatic N) is 1. The van der Waals surface area contributed by atoms with E-state index < -0.39 is 81.6 Å². The van der Waals surface area contributed by atoms with E-state index in [9.17, 15) is 39.6 Å². The predicted molar refractivity (Wildman–Crippen MR) is 125 cm³/mol. The van der Waals surface area contributed by atoms with Crippen molar-refractivity contribution < 1.29 is 44.3 Å². The van der Waals surface area contributed by atoms with E-state index in [2.05, 4.69) is 4.74 Å². The molecule has 4 rings (SSSR count). The number of ether oxygens (including phenoxy) is 1. The fourth-order valence-electron chi connectivity index (χ4n) is 6.38. The van der Waals surface area contributed by atoms with Gasteiger partial charge in [0.25, 0.3) is 5.91 Å². The Bertz CT molecular complexity index is 1290. The van der Waals surface area contributed by atoms with Crippen molar-refractivity contribution in [2.45, 2.75) is 31.4 Å². The van der Waals surface area contributed by atoms with Gasteiger partial charge in [0, 0.05) is 17.4 Å². The normalized spacial score (nSPS) is 31.7. The van der Waals surface area contributed by atoms with Gasteiger partial charge in [0.2, 0.25) is 5.78 Å². The van der Waals surface area contributed by atoms with E-state index in [0.717, 1.165) is 7.11 Å². The molecule has 192 valence electrons. The predicted octanol–water partition coefficient (Wildman–Crippen LogP) is 0.558. The SMILES string of the molecule is COC(=O)c1ccc2c(c1O)C(O)=C1C(=O)C3(O)C(O)=C(C(N)=O)C(=O)[C@H](N(C)C)C3[C@H](C)C1[C@H]2C. The Morgan fingerprint density at radius 3 is 2.25 bits per heavy atom. The third-order valence-corrected chi connectivity index (χ3v) is 7.93. The quantitative estimate of drug-likeness (QED) is 0.290. The molecule has 1 saturated carbocycles. The molecule has 6 atom stereocenters. The summed E-state index contributed by atoms with van der Waals surface area (Å²) in [5.41, 5.74) is 1.44. The zero-order chi connectivity index (χ0) is 27.0. The van der Waals surface area contributed by atoms with Crippen molar-refractivity contribution in [3.05, 3.63) is 45.7 Å². The molecule has 3 unspecified atom stereocenters. The maximum atomic E-state index is 13.9. The lowest BCUT2D eigenvalue weighted by atomic mass is 9.51. The van der Waals surface area contributed by atoms with E-state index in [1.54, 1.807) is 13.8 Å². The number of aliphatic hydroxyl groups is 3. The maximum absolute atomic E-state index is 13.9. The Kier molecular flexibility index (Phi) is 5.76. The highest BCUT2D eigenvalue weighted by molar-refractivity contribution is 6.24. The summed E-state index contributed by atoms with van der Waals surface area (Å²) in [4.78, 5) is 52.8. The molecule has 3 aliphatic rings. The molecule has 0 saturated heterocycles. The molecular formula is C25H28N2O9. The molecule has 0 radical (unpaired) electrons. The average molecular weight is 501 g/mol. The Labute approximate surface area is 206 Å². The number of esters is 1. The highest BCUT2D eigenvalue weighted by Crippen LogP contribution is 2.58. The first-order valence-electron chi connectivity index (χ1n) is 11.3. The Morgan fingerprint density at radius 1 is 1.11 bits per heavy atom. The minimum Gasteiger partial charge on any atom is -0.508 e. The minimum absolute atomic E-state index is 0.172. The number of aliphatic hydroxyl groups excluding tert-OH is 2. The molecule has 1 aromatic rings. The van der Waals surface area contributed by atoms with Crippen LogP contribution in [0.25, 0.3) is 5.76 Å². The van der Waals surface area contributed by atoms with Crippen LogP contribution in [0.2, 0.25) is 0 Å². The fourth-order valence-corrected chi connectivity index (χ4v) is 6.38. The molecule has 0 aromatic heterocycles. The average Bonchev–Trinajstić information content (AvgIpc) is 2.80. The van der Waals surface area contributed by atoms with Crippen LogP contribution in [-0.2, 0) is 19.1 Å². The summed E-state index contributed by atoms with van der Waals surface area (Å²) in [6.07, 6.45) is 0. The van der Waals surface area contributed by atoms with Gasteiger partial charge in [-0.1, -0.05) is 19.9 Å². The van der Waals surface area contributed by atoms with E-state index in [1.165, 1.54) is 31.1 Å². The zero-order valence-corrected chi connectivity index (χ0v) is 20.4. The van der Waals surface area contributed by atoms with Crippen LogP contribution in [-0.4, -0.2) is 81.6 Å². The van der Waals surface area contributed by atoms with Crippen LogP contribution in [0.4, 0.5) is 0 Å². The van der Waals surface area contributed by atoms with Crippen molar-refractivity contribution in [1.29, 1.82) is 0 Å². The van der Waals surface area contributed by atoms with Gasteiger partial charge in [-0.3, -0.25) is 19.3 Å². The number of amides is 1. The number of rotatable bonds is 3. The monoisotopic (exact) mass is 500 g/mol. The van der Waals surface area contributed by atoms with Gasteiger partial charge in [0.15, 0.2) is 11.4 Å². The highest BCUT2D eigenvalue weighted by atomic mass is 16.5. The first kappa shape index (κ1) is 25.4. The second kappa shape index (κ2) is 8.17. The van der Waals surface area contributed by atoms with Gasteiger partial charge < -0.3 is 30.9 Å². The summed E-state index contributed by atoms with van der Waals surface area (Å²) in [5, 5.41) is 44.8. The molecule has 0 aliphatic heterocycles. The molecule has 1 fully saturated rings. The van der Waals surface area contributed by atoms with Crippen molar-refractivity contribution in [3.8, 4) is 5.75 Å². The highest BCUT2D eigenvalue weighted by Gasteiger charge is 2.67. The number of nitrogens with two attached hydrogens (primary N) is 1. The van der Waals surface area contributed by atoms with Crippen LogP contribution >= 0.6 is 0 Å². The van der Waals surface area contributed by atoms with Crippen LogP contribution in [0.3, 0.4) is 0 Å². The van der Waals surface area contributed by atoms with Crippen molar-refractivity contribution in [2.24, 2.45) is 23.5 Å². The number of phenolic OH excluding ortho intramolecular Hbond substituents is 1. The number of hydrogen-bond acceptors (Lipinski definition) is 10. The number of methoxy groups -OCH3 is 1. The van der Waals surface area contributed by atoms with E-state index in [0.29, 0.717) is 5.56 Å². The lowest BCUT2D eigenvalue weighted by Crippen LogP contribution is -2.68. The van der Waals surface area contributed by atoms with Crippen molar-refractivity contribution in [2.75, 3.05) is 21.2 Å². The van der Waals surface area contributed by atoms with Crippen molar-refractivity contribution in [3.63, 3.8) is 0 Å². The fraction of sp³-hybridized carbons (Fsp3) is 0.440. The number of benzene rings is 1. The van der Waals surface area contributed by atoms with E-state index in [-0.39, 0.29) is 16.7 Å². The third-order valence-electron chi connectivity index (χ3n) is 7.93. The summed E-state index contributed by atoms with van der Waals surface area (Å²) in [6, 6.07) is 1.70. The number of likely N-dealkylation sites (N-methyl/N-ethyl adjacent to an activating group) is 1. The summed E-state index contributed by atoms with van der Waals surface area (Å²) in [5.74, 6) is -9.69. The first-order chi connectivity index (χ1) is 16.7. The van der Waals surface area contributed by atoms with Gasteiger partial charge >= 0.3 is 5.97 Å². The topological polar surface area (TPSA) is 188 Å². The van der Waals surface area contributed by atoms with Gasteiger partial charge in [0.1, 0.15) is 28.4 Å². The summed E-state index contributed by atoms with van der Waals surface area (Å²) < 4.78 is 4.67. The first-order valence-corrected chi connectivity index (χ1v) is 11.3. The van der Waals surface area contributed by atoms with Crippen molar-refractivity contribution in [1.82, 2.24) is 4.90 Å². The molecule has 11 nitrogen and oxygen atoms in total. The number of phenols is 1.